The SMILES string of the molecule is CCCOc1ccccc1-n1cc(-c2ccccc2)ccc1=O. The first kappa shape index (κ1) is 15.1. The van der Waals surface area contributed by atoms with Crippen LogP contribution in [0.25, 0.3) is 16.8 Å². The summed E-state index contributed by atoms with van der Waals surface area (Å²) in [5.41, 5.74) is 2.77. The Labute approximate surface area is 135 Å². The topological polar surface area (TPSA) is 31.2 Å². The number of aromatic nitrogens is 1. The fourth-order valence-corrected chi connectivity index (χ4v) is 2.47. The van der Waals surface area contributed by atoms with Gasteiger partial charge in [-0.3, -0.25) is 9.36 Å². The van der Waals surface area contributed by atoms with Gasteiger partial charge in [-0.2, -0.15) is 0 Å². The molecule has 0 atom stereocenters. The molecule has 0 unspecified atom stereocenters. The number of hydrogen-bond donors (Lipinski definition) is 0. The van der Waals surface area contributed by atoms with E-state index in [-0.39, 0.29) is 5.56 Å². The number of nitrogens with zero attached hydrogens (tertiary/aromatic N) is 1. The molecule has 0 aliphatic rings. The number of rotatable bonds is 5. The van der Waals surface area contributed by atoms with E-state index < -0.39 is 0 Å². The average molecular weight is 305 g/mol. The first-order valence-corrected chi connectivity index (χ1v) is 7.80. The van der Waals surface area contributed by atoms with Gasteiger partial charge in [0.2, 0.25) is 0 Å². The standard InChI is InChI=1S/C20H19NO2/c1-2-14-23-19-11-7-6-10-18(19)21-15-17(12-13-20(21)22)16-8-4-3-5-9-16/h3-13,15H,2,14H2,1H3. The predicted molar refractivity (Wildman–Crippen MR) is 93.3 cm³/mol. The number of pyridine rings is 1. The summed E-state index contributed by atoms with van der Waals surface area (Å²) in [5, 5.41) is 0. The molecule has 23 heavy (non-hydrogen) atoms. The van der Waals surface area contributed by atoms with Crippen molar-refractivity contribution in [2.45, 2.75) is 13.3 Å². The predicted octanol–water partition coefficient (Wildman–Crippen LogP) is 4.29. The quantitative estimate of drug-likeness (QED) is 0.704. The maximum Gasteiger partial charge on any atom is 0.255 e. The van der Waals surface area contributed by atoms with Crippen LogP contribution in [0.15, 0.2) is 77.7 Å². The number of ether oxygens (including phenoxy) is 1. The molecule has 1 aromatic heterocycles. The van der Waals surface area contributed by atoms with Crippen molar-refractivity contribution in [2.24, 2.45) is 0 Å². The van der Waals surface area contributed by atoms with Gasteiger partial charge in [-0.1, -0.05) is 49.4 Å². The molecule has 0 aliphatic carbocycles. The van der Waals surface area contributed by atoms with Gasteiger partial charge in [-0.05, 0) is 35.7 Å². The lowest BCUT2D eigenvalue weighted by molar-refractivity contribution is 0.316. The summed E-state index contributed by atoms with van der Waals surface area (Å²) < 4.78 is 7.43. The van der Waals surface area contributed by atoms with Gasteiger partial charge in [-0.25, -0.2) is 0 Å². The van der Waals surface area contributed by atoms with Crippen LogP contribution in [0, 0.1) is 0 Å². The van der Waals surface area contributed by atoms with Crippen molar-refractivity contribution < 1.29 is 4.74 Å². The molecule has 0 saturated carbocycles. The van der Waals surface area contributed by atoms with E-state index in [0.29, 0.717) is 6.61 Å². The molecule has 0 bridgehead atoms. The maximum atomic E-state index is 12.3. The maximum absolute atomic E-state index is 12.3. The third-order valence-electron chi connectivity index (χ3n) is 3.60. The van der Waals surface area contributed by atoms with E-state index >= 15 is 0 Å². The summed E-state index contributed by atoms with van der Waals surface area (Å²) >= 11 is 0. The molecule has 0 spiro atoms. The van der Waals surface area contributed by atoms with Crippen LogP contribution in [0.4, 0.5) is 0 Å². The second kappa shape index (κ2) is 6.97. The van der Waals surface area contributed by atoms with E-state index in [1.807, 2.05) is 66.9 Å². The lowest BCUT2D eigenvalue weighted by atomic mass is 10.1. The zero-order chi connectivity index (χ0) is 16.1. The molecular formula is C20H19NO2. The van der Waals surface area contributed by atoms with Crippen LogP contribution in [-0.2, 0) is 0 Å². The molecule has 1 heterocycles. The van der Waals surface area contributed by atoms with Gasteiger partial charge in [0.15, 0.2) is 0 Å². The average Bonchev–Trinajstić information content (AvgIpc) is 2.61. The fourth-order valence-electron chi connectivity index (χ4n) is 2.47. The van der Waals surface area contributed by atoms with Crippen LogP contribution in [0.1, 0.15) is 13.3 Å². The molecule has 0 saturated heterocycles. The third kappa shape index (κ3) is 3.34. The molecule has 3 rings (SSSR count). The van der Waals surface area contributed by atoms with Crippen molar-refractivity contribution in [1.29, 1.82) is 0 Å². The Morgan fingerprint density at radius 3 is 2.39 bits per heavy atom. The monoisotopic (exact) mass is 305 g/mol. The second-order valence-corrected chi connectivity index (χ2v) is 5.31. The molecule has 3 aromatic rings. The van der Waals surface area contributed by atoms with Crippen molar-refractivity contribution >= 4 is 0 Å². The van der Waals surface area contributed by atoms with Crippen LogP contribution < -0.4 is 10.3 Å². The molecule has 0 aliphatic heterocycles. The highest BCUT2D eigenvalue weighted by Crippen LogP contribution is 2.24. The minimum atomic E-state index is -0.0720. The molecular weight excluding hydrogens is 286 g/mol. The summed E-state index contributed by atoms with van der Waals surface area (Å²) in [4.78, 5) is 12.3. The summed E-state index contributed by atoms with van der Waals surface area (Å²) in [6.07, 6.45) is 2.79. The summed E-state index contributed by atoms with van der Waals surface area (Å²) in [7, 11) is 0. The summed E-state index contributed by atoms with van der Waals surface area (Å²) in [5.74, 6) is 0.724. The normalized spacial score (nSPS) is 10.5. The Balaban J connectivity index is 2.08. The highest BCUT2D eigenvalue weighted by molar-refractivity contribution is 5.63. The van der Waals surface area contributed by atoms with Crippen molar-refractivity contribution in [3.8, 4) is 22.6 Å². The highest BCUT2D eigenvalue weighted by Gasteiger charge is 2.08. The summed E-state index contributed by atoms with van der Waals surface area (Å²) in [6, 6.07) is 21.1. The summed E-state index contributed by atoms with van der Waals surface area (Å²) in [6.45, 7) is 2.69. The Bertz CT molecular complexity index is 838. The lowest BCUT2D eigenvalue weighted by Crippen LogP contribution is -2.17. The van der Waals surface area contributed by atoms with Gasteiger partial charge in [-0.15, -0.1) is 0 Å². The van der Waals surface area contributed by atoms with Crippen molar-refractivity contribution in [2.75, 3.05) is 6.61 Å². The van der Waals surface area contributed by atoms with Crippen LogP contribution >= 0.6 is 0 Å². The Morgan fingerprint density at radius 2 is 1.61 bits per heavy atom. The number of para-hydroxylation sites is 2. The molecule has 116 valence electrons. The third-order valence-corrected chi connectivity index (χ3v) is 3.60. The van der Waals surface area contributed by atoms with Gasteiger partial charge in [0.25, 0.3) is 5.56 Å². The minimum absolute atomic E-state index is 0.0720. The zero-order valence-electron chi connectivity index (χ0n) is 13.1. The van der Waals surface area contributed by atoms with E-state index in [9.17, 15) is 4.79 Å². The lowest BCUT2D eigenvalue weighted by Gasteiger charge is -2.13. The van der Waals surface area contributed by atoms with Crippen LogP contribution in [0.5, 0.6) is 5.75 Å². The zero-order valence-corrected chi connectivity index (χ0v) is 13.1. The number of hydrogen-bond acceptors (Lipinski definition) is 2. The van der Waals surface area contributed by atoms with E-state index in [0.717, 1.165) is 29.0 Å². The van der Waals surface area contributed by atoms with Gasteiger partial charge in [0.05, 0.1) is 12.3 Å². The first-order valence-electron chi connectivity index (χ1n) is 7.80. The van der Waals surface area contributed by atoms with E-state index in [1.165, 1.54) is 0 Å². The molecule has 2 aromatic carbocycles. The van der Waals surface area contributed by atoms with Gasteiger partial charge >= 0.3 is 0 Å². The Morgan fingerprint density at radius 1 is 0.870 bits per heavy atom. The minimum Gasteiger partial charge on any atom is -0.491 e. The van der Waals surface area contributed by atoms with Crippen LogP contribution in [0.2, 0.25) is 0 Å². The molecule has 0 amide bonds. The van der Waals surface area contributed by atoms with Crippen molar-refractivity contribution in [3.63, 3.8) is 0 Å². The van der Waals surface area contributed by atoms with Gasteiger partial charge < -0.3 is 4.74 Å². The molecule has 0 N–H and O–H groups in total. The van der Waals surface area contributed by atoms with Crippen LogP contribution in [0.3, 0.4) is 0 Å². The second-order valence-electron chi connectivity index (χ2n) is 5.31. The van der Waals surface area contributed by atoms with E-state index in [4.69, 9.17) is 4.74 Å². The smallest absolute Gasteiger partial charge is 0.255 e. The Hall–Kier alpha value is -2.81. The Kier molecular flexibility index (Phi) is 4.57. The molecule has 0 radical (unpaired) electrons. The fraction of sp³-hybridized carbons (Fsp3) is 0.150. The van der Waals surface area contributed by atoms with Crippen molar-refractivity contribution in [1.82, 2.24) is 4.57 Å². The highest BCUT2D eigenvalue weighted by atomic mass is 16.5. The van der Waals surface area contributed by atoms with Crippen molar-refractivity contribution in [3.05, 3.63) is 83.3 Å². The number of benzene rings is 2. The van der Waals surface area contributed by atoms with Crippen LogP contribution in [-0.4, -0.2) is 11.2 Å². The van der Waals surface area contributed by atoms with E-state index in [2.05, 4.69) is 6.92 Å². The van der Waals surface area contributed by atoms with E-state index in [1.54, 1.807) is 10.6 Å². The molecule has 0 fully saturated rings. The van der Waals surface area contributed by atoms with Gasteiger partial charge in [0, 0.05) is 12.3 Å². The van der Waals surface area contributed by atoms with Gasteiger partial charge in [0.1, 0.15) is 5.75 Å². The first-order chi connectivity index (χ1) is 11.3. The molecule has 3 heteroatoms. The molecule has 3 nitrogen and oxygen atoms in total. The largest absolute Gasteiger partial charge is 0.491 e.